The molecule has 0 heterocycles. The lowest BCUT2D eigenvalue weighted by atomic mass is 10.1. The van der Waals surface area contributed by atoms with Crippen LogP contribution in [0.2, 0.25) is 0 Å². The van der Waals surface area contributed by atoms with Gasteiger partial charge >= 0.3 is 0 Å². The van der Waals surface area contributed by atoms with Crippen LogP contribution in [0, 0.1) is 6.92 Å². The lowest BCUT2D eigenvalue weighted by Crippen LogP contribution is -2.12. The van der Waals surface area contributed by atoms with Gasteiger partial charge in [0.05, 0.1) is 17.1 Å². The molecule has 0 fully saturated rings. The number of aryl methyl sites for hydroxylation is 2. The van der Waals surface area contributed by atoms with Crippen LogP contribution in [0.25, 0.3) is 0 Å². The molecule has 0 saturated carbocycles. The number of hydrazone groups is 1. The Bertz CT molecular complexity index is 832. The summed E-state index contributed by atoms with van der Waals surface area (Å²) in [4.78, 5) is 0. The molecule has 25 heavy (non-hydrogen) atoms. The molecule has 0 bridgehead atoms. The average Bonchev–Trinajstić information content (AvgIpc) is 2.67. The van der Waals surface area contributed by atoms with E-state index in [-0.39, 0.29) is 0 Å². The number of nitrogens with zero attached hydrogens (tertiary/aromatic N) is 2. The lowest BCUT2D eigenvalue weighted by molar-refractivity contribution is 1.07. The van der Waals surface area contributed by atoms with Crippen molar-refractivity contribution in [2.24, 2.45) is 5.10 Å². The van der Waals surface area contributed by atoms with Gasteiger partial charge in [-0.05, 0) is 55.7 Å². The Balaban J connectivity index is 2.03. The molecule has 2 heteroatoms. The van der Waals surface area contributed by atoms with E-state index in [1.807, 2.05) is 23.2 Å². The van der Waals surface area contributed by atoms with Gasteiger partial charge in [0.15, 0.2) is 0 Å². The molecule has 0 amide bonds. The first-order valence-corrected chi connectivity index (χ1v) is 8.73. The maximum absolute atomic E-state index is 4.92. The molecule has 2 nitrogen and oxygen atoms in total. The molecular formula is C23H24N2. The molecule has 0 saturated heterocycles. The van der Waals surface area contributed by atoms with Crippen LogP contribution in [0.15, 0.2) is 84.0 Å². The van der Waals surface area contributed by atoms with Gasteiger partial charge in [0, 0.05) is 0 Å². The van der Waals surface area contributed by atoms with Crippen LogP contribution < -0.4 is 5.01 Å². The zero-order valence-corrected chi connectivity index (χ0v) is 15.1. The summed E-state index contributed by atoms with van der Waals surface area (Å²) in [5, 5.41) is 6.94. The molecule has 0 N–H and O–H groups in total. The van der Waals surface area contributed by atoms with E-state index in [0.717, 1.165) is 29.1 Å². The molecule has 0 aliphatic rings. The van der Waals surface area contributed by atoms with E-state index in [9.17, 15) is 0 Å². The third-order valence-corrected chi connectivity index (χ3v) is 4.31. The molecule has 0 atom stereocenters. The highest BCUT2D eigenvalue weighted by Crippen LogP contribution is 2.27. The third-order valence-electron chi connectivity index (χ3n) is 4.31. The van der Waals surface area contributed by atoms with Crippen LogP contribution in [0.3, 0.4) is 0 Å². The Hall–Kier alpha value is -2.87. The standard InChI is InChI=1S/C23H24N2/c1-4-20-12-16-23(17-13-20)25(22-14-10-18(2)11-15-22)24-19(3)21-8-6-5-7-9-21/h5-17H,4H2,1-3H3/b24-19-. The molecule has 3 aromatic carbocycles. The molecule has 126 valence electrons. The summed E-state index contributed by atoms with van der Waals surface area (Å²) in [7, 11) is 0. The summed E-state index contributed by atoms with van der Waals surface area (Å²) in [5.74, 6) is 0. The van der Waals surface area contributed by atoms with Crippen LogP contribution in [0.1, 0.15) is 30.5 Å². The predicted octanol–water partition coefficient (Wildman–Crippen LogP) is 6.12. The summed E-state index contributed by atoms with van der Waals surface area (Å²) in [5.41, 5.74) is 6.82. The van der Waals surface area contributed by atoms with Crippen LogP contribution in [-0.2, 0) is 6.42 Å². The smallest absolute Gasteiger partial charge is 0.0655 e. The van der Waals surface area contributed by atoms with Gasteiger partial charge in [-0.15, -0.1) is 0 Å². The van der Waals surface area contributed by atoms with Gasteiger partial charge < -0.3 is 0 Å². The number of hydrogen-bond donors (Lipinski definition) is 0. The molecule has 3 rings (SSSR count). The highest BCUT2D eigenvalue weighted by molar-refractivity contribution is 5.99. The lowest BCUT2D eigenvalue weighted by Gasteiger charge is -2.21. The van der Waals surface area contributed by atoms with E-state index in [4.69, 9.17) is 5.10 Å². The normalized spacial score (nSPS) is 11.4. The second kappa shape index (κ2) is 7.80. The zero-order chi connectivity index (χ0) is 17.6. The predicted molar refractivity (Wildman–Crippen MR) is 108 cm³/mol. The maximum atomic E-state index is 4.92. The first-order valence-electron chi connectivity index (χ1n) is 8.73. The van der Waals surface area contributed by atoms with Crippen LogP contribution >= 0.6 is 0 Å². The van der Waals surface area contributed by atoms with Gasteiger partial charge in [0.25, 0.3) is 0 Å². The van der Waals surface area contributed by atoms with E-state index < -0.39 is 0 Å². The molecular weight excluding hydrogens is 304 g/mol. The maximum Gasteiger partial charge on any atom is 0.0655 e. The Morgan fingerprint density at radius 2 is 1.36 bits per heavy atom. The van der Waals surface area contributed by atoms with Gasteiger partial charge in [-0.3, -0.25) is 0 Å². The fraction of sp³-hybridized carbons (Fsp3) is 0.174. The monoisotopic (exact) mass is 328 g/mol. The summed E-state index contributed by atoms with van der Waals surface area (Å²) in [6.45, 7) is 6.32. The van der Waals surface area contributed by atoms with Crippen molar-refractivity contribution >= 4 is 17.1 Å². The van der Waals surface area contributed by atoms with Gasteiger partial charge in [0.1, 0.15) is 0 Å². The van der Waals surface area contributed by atoms with E-state index in [2.05, 4.69) is 81.4 Å². The first kappa shape index (κ1) is 17.0. The van der Waals surface area contributed by atoms with Crippen molar-refractivity contribution in [3.05, 3.63) is 95.6 Å². The fourth-order valence-corrected chi connectivity index (χ4v) is 2.71. The second-order valence-corrected chi connectivity index (χ2v) is 6.22. The minimum atomic E-state index is 0.987. The second-order valence-electron chi connectivity index (χ2n) is 6.22. The van der Waals surface area contributed by atoms with E-state index in [1.54, 1.807) is 0 Å². The van der Waals surface area contributed by atoms with Gasteiger partial charge in [-0.2, -0.15) is 5.10 Å². The third kappa shape index (κ3) is 4.16. The largest absolute Gasteiger partial charge is 0.234 e. The van der Waals surface area contributed by atoms with Crippen molar-refractivity contribution in [1.82, 2.24) is 0 Å². The highest BCUT2D eigenvalue weighted by atomic mass is 15.5. The van der Waals surface area contributed by atoms with Crippen molar-refractivity contribution in [2.45, 2.75) is 27.2 Å². The van der Waals surface area contributed by atoms with Crippen molar-refractivity contribution in [3.8, 4) is 0 Å². The summed E-state index contributed by atoms with van der Waals surface area (Å²) >= 11 is 0. The molecule has 0 aliphatic heterocycles. The highest BCUT2D eigenvalue weighted by Gasteiger charge is 2.09. The van der Waals surface area contributed by atoms with E-state index in [0.29, 0.717) is 0 Å². The minimum Gasteiger partial charge on any atom is -0.234 e. The van der Waals surface area contributed by atoms with Crippen LogP contribution in [0.5, 0.6) is 0 Å². The number of rotatable bonds is 5. The Morgan fingerprint density at radius 3 is 1.92 bits per heavy atom. The summed E-state index contributed by atoms with van der Waals surface area (Å²) in [6.07, 6.45) is 1.04. The van der Waals surface area contributed by atoms with Gasteiger partial charge in [0.2, 0.25) is 0 Å². The van der Waals surface area contributed by atoms with Crippen molar-refractivity contribution < 1.29 is 0 Å². The molecule has 0 aliphatic carbocycles. The summed E-state index contributed by atoms with van der Waals surface area (Å²) in [6, 6.07) is 27.4. The molecule has 0 radical (unpaired) electrons. The van der Waals surface area contributed by atoms with Gasteiger partial charge in [-0.25, -0.2) is 5.01 Å². The number of hydrogen-bond acceptors (Lipinski definition) is 2. The van der Waals surface area contributed by atoms with Crippen molar-refractivity contribution in [2.75, 3.05) is 5.01 Å². The summed E-state index contributed by atoms with van der Waals surface area (Å²) < 4.78 is 0. The van der Waals surface area contributed by atoms with Gasteiger partial charge in [-0.1, -0.05) is 67.1 Å². The minimum absolute atomic E-state index is 0.987. The Labute approximate surface area is 150 Å². The topological polar surface area (TPSA) is 15.6 Å². The Morgan fingerprint density at radius 1 is 0.800 bits per heavy atom. The first-order chi connectivity index (χ1) is 12.2. The SMILES string of the molecule is CCc1ccc(N(/N=C(/C)c2ccccc2)c2ccc(C)cc2)cc1. The number of benzene rings is 3. The quantitative estimate of drug-likeness (QED) is 0.407. The molecule has 0 spiro atoms. The zero-order valence-electron chi connectivity index (χ0n) is 15.1. The van der Waals surface area contributed by atoms with Crippen molar-refractivity contribution in [1.29, 1.82) is 0 Å². The van der Waals surface area contributed by atoms with Crippen LogP contribution in [-0.4, -0.2) is 5.71 Å². The fourth-order valence-electron chi connectivity index (χ4n) is 2.71. The molecule has 0 aromatic heterocycles. The average molecular weight is 328 g/mol. The van der Waals surface area contributed by atoms with E-state index >= 15 is 0 Å². The van der Waals surface area contributed by atoms with Crippen LogP contribution in [0.4, 0.5) is 11.4 Å². The van der Waals surface area contributed by atoms with Crippen molar-refractivity contribution in [3.63, 3.8) is 0 Å². The van der Waals surface area contributed by atoms with E-state index in [1.165, 1.54) is 11.1 Å². The molecule has 3 aromatic rings. The Kier molecular flexibility index (Phi) is 5.30. The number of anilines is 2. The molecule has 0 unspecified atom stereocenters.